The van der Waals surface area contributed by atoms with Gasteiger partial charge in [0.2, 0.25) is 11.8 Å². The Labute approximate surface area is 187 Å². The maximum atomic E-state index is 5.85. The molecule has 0 spiro atoms. The van der Waals surface area contributed by atoms with E-state index in [1.807, 2.05) is 10.7 Å². The second-order valence-electron chi connectivity index (χ2n) is 8.13. The summed E-state index contributed by atoms with van der Waals surface area (Å²) in [4.78, 5) is 13.4. The number of aromatic nitrogens is 5. The zero-order chi connectivity index (χ0) is 21.2. The first-order valence-corrected chi connectivity index (χ1v) is 11.2. The van der Waals surface area contributed by atoms with Gasteiger partial charge in [-0.25, -0.2) is 9.67 Å². The molecule has 0 unspecified atom stereocenters. The molecule has 162 valence electrons. The smallest absolute Gasteiger partial charge is 0.228 e. The van der Waals surface area contributed by atoms with Gasteiger partial charge in [0.15, 0.2) is 4.77 Å². The minimum absolute atomic E-state index is 0.550. The van der Waals surface area contributed by atoms with E-state index in [9.17, 15) is 0 Å². The number of ether oxygens (including phenoxy) is 1. The molecule has 9 heteroatoms. The van der Waals surface area contributed by atoms with Gasteiger partial charge < -0.3 is 9.64 Å². The van der Waals surface area contributed by atoms with E-state index in [2.05, 4.69) is 48.6 Å². The van der Waals surface area contributed by atoms with Crippen molar-refractivity contribution in [1.29, 1.82) is 0 Å². The molecule has 8 nitrogen and oxygen atoms in total. The van der Waals surface area contributed by atoms with E-state index in [0.717, 1.165) is 49.3 Å². The third-order valence-electron chi connectivity index (χ3n) is 5.89. The van der Waals surface area contributed by atoms with Gasteiger partial charge in [0.25, 0.3) is 0 Å². The highest BCUT2D eigenvalue weighted by Gasteiger charge is 2.30. The molecule has 3 aromatic rings. The van der Waals surface area contributed by atoms with Gasteiger partial charge in [0.05, 0.1) is 20.3 Å². The van der Waals surface area contributed by atoms with Crippen molar-refractivity contribution in [2.75, 3.05) is 38.2 Å². The molecular formula is C22H27N7OS. The number of hydrogen-bond acceptors (Lipinski definition) is 7. The number of hydrogen-bond donors (Lipinski definition) is 0. The number of benzene rings is 1. The molecule has 0 atom stereocenters. The van der Waals surface area contributed by atoms with Crippen molar-refractivity contribution in [3.63, 3.8) is 0 Å². The Morgan fingerprint density at radius 3 is 2.55 bits per heavy atom. The molecule has 1 saturated carbocycles. The van der Waals surface area contributed by atoms with Crippen molar-refractivity contribution in [3.05, 3.63) is 58.8 Å². The van der Waals surface area contributed by atoms with Crippen LogP contribution in [-0.4, -0.2) is 62.5 Å². The van der Waals surface area contributed by atoms with Crippen molar-refractivity contribution in [3.8, 4) is 5.88 Å². The predicted molar refractivity (Wildman–Crippen MR) is 121 cm³/mol. The highest BCUT2D eigenvalue weighted by Crippen LogP contribution is 2.39. The first-order valence-electron chi connectivity index (χ1n) is 10.8. The molecule has 2 aliphatic rings. The summed E-state index contributed by atoms with van der Waals surface area (Å²) < 4.78 is 10.3. The number of anilines is 1. The van der Waals surface area contributed by atoms with Crippen molar-refractivity contribution >= 4 is 18.2 Å². The van der Waals surface area contributed by atoms with E-state index in [1.165, 1.54) is 18.4 Å². The van der Waals surface area contributed by atoms with Gasteiger partial charge in [-0.3, -0.25) is 9.47 Å². The maximum Gasteiger partial charge on any atom is 0.228 e. The topological polar surface area (TPSA) is 64.2 Å². The van der Waals surface area contributed by atoms with Gasteiger partial charge in [0.1, 0.15) is 5.82 Å². The molecule has 0 amide bonds. The molecule has 3 heterocycles. The fourth-order valence-corrected chi connectivity index (χ4v) is 4.24. The van der Waals surface area contributed by atoms with Crippen LogP contribution >= 0.6 is 12.2 Å². The van der Waals surface area contributed by atoms with Gasteiger partial charge in [-0.05, 0) is 30.6 Å². The summed E-state index contributed by atoms with van der Waals surface area (Å²) in [5.41, 5.74) is 1.26. The normalized spacial score (nSPS) is 17.1. The second kappa shape index (κ2) is 8.76. The number of nitrogens with zero attached hydrogens (tertiary/aromatic N) is 7. The Bertz CT molecular complexity index is 1080. The van der Waals surface area contributed by atoms with E-state index < -0.39 is 0 Å². The van der Waals surface area contributed by atoms with Crippen LogP contribution in [0.15, 0.2) is 42.6 Å². The molecule has 0 N–H and O–H groups in total. The fourth-order valence-electron chi connectivity index (χ4n) is 3.99. The Hall–Kier alpha value is -2.78. The van der Waals surface area contributed by atoms with Crippen molar-refractivity contribution < 1.29 is 4.74 Å². The van der Waals surface area contributed by atoms with Gasteiger partial charge in [-0.1, -0.05) is 30.3 Å². The molecule has 1 aliphatic carbocycles. The Morgan fingerprint density at radius 2 is 1.84 bits per heavy atom. The SMILES string of the molecule is COc1ccnc(N2CCN(Cn3nc(C4CC4)n(Cc4ccccc4)c3=S)CC2)n1. The van der Waals surface area contributed by atoms with Gasteiger partial charge in [-0.2, -0.15) is 10.1 Å². The molecule has 0 bridgehead atoms. The van der Waals surface area contributed by atoms with E-state index in [0.29, 0.717) is 18.5 Å². The third kappa shape index (κ3) is 4.47. The van der Waals surface area contributed by atoms with Crippen molar-refractivity contribution in [2.45, 2.75) is 32.0 Å². The summed E-state index contributed by atoms with van der Waals surface area (Å²) >= 11 is 5.85. The third-order valence-corrected chi connectivity index (χ3v) is 6.32. The lowest BCUT2D eigenvalue weighted by Gasteiger charge is -2.34. The highest BCUT2D eigenvalue weighted by molar-refractivity contribution is 7.71. The summed E-state index contributed by atoms with van der Waals surface area (Å²) in [5, 5.41) is 4.94. The second-order valence-corrected chi connectivity index (χ2v) is 8.50. The van der Waals surface area contributed by atoms with Gasteiger partial charge in [0, 0.05) is 44.4 Å². The lowest BCUT2D eigenvalue weighted by atomic mass is 10.2. The summed E-state index contributed by atoms with van der Waals surface area (Å²) in [5.74, 6) is 3.00. The van der Waals surface area contributed by atoms with E-state index in [4.69, 9.17) is 22.1 Å². The van der Waals surface area contributed by atoms with E-state index in [1.54, 1.807) is 19.4 Å². The van der Waals surface area contributed by atoms with Crippen LogP contribution in [0.5, 0.6) is 5.88 Å². The number of methoxy groups -OCH3 is 1. The van der Waals surface area contributed by atoms with Crippen LogP contribution in [0.2, 0.25) is 0 Å². The van der Waals surface area contributed by atoms with Gasteiger partial charge in [-0.15, -0.1) is 0 Å². The van der Waals surface area contributed by atoms with Crippen LogP contribution in [0.1, 0.15) is 30.1 Å². The molecule has 1 aliphatic heterocycles. The molecule has 31 heavy (non-hydrogen) atoms. The monoisotopic (exact) mass is 437 g/mol. The van der Waals surface area contributed by atoms with Crippen molar-refractivity contribution in [2.24, 2.45) is 0 Å². The standard InChI is InChI=1S/C22H27N7OS/c1-30-19-9-10-23-21(24-19)27-13-11-26(12-14-27)16-29-22(31)28(20(25-29)18-7-8-18)15-17-5-3-2-4-6-17/h2-6,9-10,18H,7-8,11-16H2,1H3. The average molecular weight is 438 g/mol. The Morgan fingerprint density at radius 1 is 1.06 bits per heavy atom. The zero-order valence-corrected chi connectivity index (χ0v) is 18.5. The van der Waals surface area contributed by atoms with E-state index >= 15 is 0 Å². The Kier molecular flexibility index (Phi) is 5.69. The Balaban J connectivity index is 1.27. The quantitative estimate of drug-likeness (QED) is 0.527. The fraction of sp³-hybridized carbons (Fsp3) is 0.455. The molecule has 5 rings (SSSR count). The molecule has 0 radical (unpaired) electrons. The minimum Gasteiger partial charge on any atom is -0.481 e. The average Bonchev–Trinajstić information content (AvgIpc) is 3.62. The molecule has 2 fully saturated rings. The van der Waals surface area contributed by atoms with Crippen molar-refractivity contribution in [1.82, 2.24) is 29.2 Å². The summed E-state index contributed by atoms with van der Waals surface area (Å²) in [6, 6.07) is 12.3. The van der Waals surface area contributed by atoms with Crippen LogP contribution < -0.4 is 9.64 Å². The van der Waals surface area contributed by atoms with Crippen LogP contribution in [0.4, 0.5) is 5.95 Å². The highest BCUT2D eigenvalue weighted by atomic mass is 32.1. The first kappa shape index (κ1) is 20.1. The molecule has 1 aromatic carbocycles. The first-order chi connectivity index (χ1) is 15.2. The molecule has 1 saturated heterocycles. The number of rotatable bonds is 7. The lowest BCUT2D eigenvalue weighted by molar-refractivity contribution is 0.193. The molecule has 2 aromatic heterocycles. The summed E-state index contributed by atoms with van der Waals surface area (Å²) in [7, 11) is 1.63. The molecular weight excluding hydrogens is 410 g/mol. The zero-order valence-electron chi connectivity index (χ0n) is 17.7. The van der Waals surface area contributed by atoms with Crippen LogP contribution in [0.3, 0.4) is 0 Å². The van der Waals surface area contributed by atoms with Crippen LogP contribution in [0.25, 0.3) is 0 Å². The van der Waals surface area contributed by atoms with Crippen LogP contribution in [0, 0.1) is 4.77 Å². The maximum absolute atomic E-state index is 5.85. The summed E-state index contributed by atoms with van der Waals surface area (Å²) in [6.07, 6.45) is 4.16. The van der Waals surface area contributed by atoms with E-state index in [-0.39, 0.29) is 0 Å². The number of piperazine rings is 1. The minimum atomic E-state index is 0.550. The van der Waals surface area contributed by atoms with Gasteiger partial charge >= 0.3 is 0 Å². The summed E-state index contributed by atoms with van der Waals surface area (Å²) in [6.45, 7) is 5.04. The largest absolute Gasteiger partial charge is 0.481 e. The predicted octanol–water partition coefficient (Wildman–Crippen LogP) is 2.92. The lowest BCUT2D eigenvalue weighted by Crippen LogP contribution is -2.47. The van der Waals surface area contributed by atoms with Crippen LogP contribution in [-0.2, 0) is 13.2 Å².